The Morgan fingerprint density at radius 3 is 2.47 bits per heavy atom. The van der Waals surface area contributed by atoms with Crippen molar-refractivity contribution < 1.29 is 4.92 Å². The van der Waals surface area contributed by atoms with Crippen molar-refractivity contribution in [3.8, 4) is 0 Å². The van der Waals surface area contributed by atoms with Gasteiger partial charge in [0.05, 0.1) is 11.5 Å². The summed E-state index contributed by atoms with van der Waals surface area (Å²) in [6, 6.07) is 13.9. The van der Waals surface area contributed by atoms with Gasteiger partial charge in [-0.2, -0.15) is 0 Å². The number of nitrogens with zero attached hydrogens (tertiary/aromatic N) is 2. The zero-order chi connectivity index (χ0) is 13.7. The van der Waals surface area contributed by atoms with Crippen LogP contribution in [0.1, 0.15) is 11.1 Å². The molecule has 0 aromatic heterocycles. The van der Waals surface area contributed by atoms with Gasteiger partial charge in [0.2, 0.25) is 5.69 Å². The second-order valence-corrected chi connectivity index (χ2v) is 3.86. The van der Waals surface area contributed by atoms with Crippen molar-refractivity contribution in [3.63, 3.8) is 0 Å². The molecular formula is C15H10N2O2. The standard InChI is InChI=1S/C15H10N2O2/c1-16-15-11-14(17(18)19)10-9-13(15)8-7-12-5-3-2-4-6-12/h2-11H/b8-7+. The average Bonchev–Trinajstić information content (AvgIpc) is 2.45. The predicted molar refractivity (Wildman–Crippen MR) is 74.7 cm³/mol. The van der Waals surface area contributed by atoms with Crippen LogP contribution in [0, 0.1) is 16.7 Å². The summed E-state index contributed by atoms with van der Waals surface area (Å²) in [5.41, 5.74) is 1.89. The van der Waals surface area contributed by atoms with Crippen LogP contribution in [0.2, 0.25) is 0 Å². The van der Waals surface area contributed by atoms with E-state index in [2.05, 4.69) is 4.85 Å². The summed E-state index contributed by atoms with van der Waals surface area (Å²) in [4.78, 5) is 13.5. The molecule has 0 aliphatic rings. The van der Waals surface area contributed by atoms with Gasteiger partial charge in [-0.1, -0.05) is 48.6 Å². The number of nitro benzene ring substituents is 1. The van der Waals surface area contributed by atoms with Crippen LogP contribution < -0.4 is 0 Å². The first kappa shape index (κ1) is 12.5. The smallest absolute Gasteiger partial charge is 0.258 e. The van der Waals surface area contributed by atoms with Gasteiger partial charge in [0, 0.05) is 12.1 Å². The van der Waals surface area contributed by atoms with Gasteiger partial charge >= 0.3 is 0 Å². The fraction of sp³-hybridized carbons (Fsp3) is 0. The molecule has 2 rings (SSSR count). The van der Waals surface area contributed by atoms with Crippen molar-refractivity contribution in [2.45, 2.75) is 0 Å². The molecular weight excluding hydrogens is 240 g/mol. The maximum atomic E-state index is 10.6. The van der Waals surface area contributed by atoms with Gasteiger partial charge in [-0.25, -0.2) is 4.85 Å². The van der Waals surface area contributed by atoms with Crippen molar-refractivity contribution in [2.75, 3.05) is 0 Å². The molecule has 19 heavy (non-hydrogen) atoms. The number of nitro groups is 1. The van der Waals surface area contributed by atoms with Gasteiger partial charge in [-0.3, -0.25) is 10.1 Å². The van der Waals surface area contributed by atoms with Gasteiger partial charge in [-0.05, 0) is 11.1 Å². The normalized spacial score (nSPS) is 10.3. The first-order valence-electron chi connectivity index (χ1n) is 5.60. The molecule has 0 amide bonds. The summed E-state index contributed by atoms with van der Waals surface area (Å²) in [6.45, 7) is 7.07. The Morgan fingerprint density at radius 1 is 1.11 bits per heavy atom. The van der Waals surface area contributed by atoms with Crippen LogP contribution in [0.5, 0.6) is 0 Å². The topological polar surface area (TPSA) is 47.5 Å². The van der Waals surface area contributed by atoms with Crippen LogP contribution >= 0.6 is 0 Å². The molecule has 0 N–H and O–H groups in total. The predicted octanol–water partition coefficient (Wildman–Crippen LogP) is 4.32. The second kappa shape index (κ2) is 5.61. The van der Waals surface area contributed by atoms with Crippen LogP contribution in [-0.2, 0) is 0 Å². The molecule has 0 fully saturated rings. The third-order valence-electron chi connectivity index (χ3n) is 2.60. The van der Waals surface area contributed by atoms with Gasteiger partial charge < -0.3 is 0 Å². The van der Waals surface area contributed by atoms with E-state index in [0.717, 1.165) is 5.56 Å². The Labute approximate surface area is 110 Å². The molecule has 0 saturated carbocycles. The molecule has 0 spiro atoms. The van der Waals surface area contributed by atoms with Crippen molar-refractivity contribution in [1.29, 1.82) is 0 Å². The van der Waals surface area contributed by atoms with E-state index in [1.165, 1.54) is 12.1 Å². The summed E-state index contributed by atoms with van der Waals surface area (Å²) in [5, 5.41) is 10.6. The van der Waals surface area contributed by atoms with E-state index in [9.17, 15) is 10.1 Å². The SMILES string of the molecule is [C-]#[N+]c1cc([N+](=O)[O-])ccc1/C=C/c1ccccc1. The molecule has 0 aliphatic carbocycles. The molecule has 4 heteroatoms. The molecule has 0 bridgehead atoms. The molecule has 2 aromatic carbocycles. The number of hydrogen-bond donors (Lipinski definition) is 0. The van der Waals surface area contributed by atoms with E-state index in [1.54, 1.807) is 12.1 Å². The first-order chi connectivity index (χ1) is 9.20. The van der Waals surface area contributed by atoms with E-state index in [4.69, 9.17) is 6.57 Å². The van der Waals surface area contributed by atoms with Gasteiger partial charge in [0.1, 0.15) is 0 Å². The van der Waals surface area contributed by atoms with Crippen LogP contribution in [0.3, 0.4) is 0 Å². The fourth-order valence-corrected chi connectivity index (χ4v) is 1.63. The molecule has 92 valence electrons. The van der Waals surface area contributed by atoms with Gasteiger partial charge in [-0.15, -0.1) is 0 Å². The average molecular weight is 250 g/mol. The van der Waals surface area contributed by atoms with Crippen molar-refractivity contribution in [1.82, 2.24) is 0 Å². The van der Waals surface area contributed by atoms with Crippen molar-refractivity contribution >= 4 is 23.5 Å². The molecule has 0 saturated heterocycles. The summed E-state index contributed by atoms with van der Waals surface area (Å²) in [5.74, 6) is 0. The molecule has 0 atom stereocenters. The first-order valence-corrected chi connectivity index (χ1v) is 5.60. The Morgan fingerprint density at radius 2 is 1.84 bits per heavy atom. The number of rotatable bonds is 3. The van der Waals surface area contributed by atoms with E-state index < -0.39 is 4.92 Å². The lowest BCUT2D eigenvalue weighted by Crippen LogP contribution is -1.87. The lowest BCUT2D eigenvalue weighted by atomic mass is 10.1. The van der Waals surface area contributed by atoms with Gasteiger partial charge in [0.25, 0.3) is 5.69 Å². The molecule has 0 unspecified atom stereocenters. The lowest BCUT2D eigenvalue weighted by molar-refractivity contribution is -0.384. The zero-order valence-corrected chi connectivity index (χ0v) is 9.98. The van der Waals surface area contributed by atoms with E-state index >= 15 is 0 Å². The highest BCUT2D eigenvalue weighted by Gasteiger charge is 2.08. The monoisotopic (exact) mass is 250 g/mol. The third kappa shape index (κ3) is 3.05. The van der Waals surface area contributed by atoms with Crippen LogP contribution in [0.4, 0.5) is 11.4 Å². The Hall–Kier alpha value is -2.93. The van der Waals surface area contributed by atoms with Gasteiger partial charge in [0.15, 0.2) is 0 Å². The van der Waals surface area contributed by atoms with Crippen LogP contribution in [-0.4, -0.2) is 4.92 Å². The highest BCUT2D eigenvalue weighted by molar-refractivity contribution is 5.78. The molecule has 4 nitrogen and oxygen atoms in total. The van der Waals surface area contributed by atoms with Crippen molar-refractivity contribution in [3.05, 3.63) is 81.2 Å². The Bertz CT molecular complexity index is 670. The molecule has 2 aromatic rings. The van der Waals surface area contributed by atoms with E-state index in [0.29, 0.717) is 5.56 Å². The lowest BCUT2D eigenvalue weighted by Gasteiger charge is -1.98. The van der Waals surface area contributed by atoms with E-state index in [1.807, 2.05) is 36.4 Å². The summed E-state index contributed by atoms with van der Waals surface area (Å²) in [6.07, 6.45) is 3.66. The van der Waals surface area contributed by atoms with Crippen molar-refractivity contribution in [2.24, 2.45) is 0 Å². The maximum Gasteiger partial charge on any atom is 0.259 e. The van der Waals surface area contributed by atoms with Crippen LogP contribution in [0.15, 0.2) is 48.5 Å². The minimum atomic E-state index is -0.501. The Kier molecular flexibility index (Phi) is 3.70. The number of hydrogen-bond acceptors (Lipinski definition) is 2. The summed E-state index contributed by atoms with van der Waals surface area (Å²) >= 11 is 0. The highest BCUT2D eigenvalue weighted by Crippen LogP contribution is 2.26. The van der Waals surface area contributed by atoms with E-state index in [-0.39, 0.29) is 11.4 Å². The summed E-state index contributed by atoms with van der Waals surface area (Å²) in [7, 11) is 0. The zero-order valence-electron chi connectivity index (χ0n) is 9.98. The highest BCUT2D eigenvalue weighted by atomic mass is 16.6. The minimum Gasteiger partial charge on any atom is -0.258 e. The number of benzene rings is 2. The minimum absolute atomic E-state index is 0.0668. The summed E-state index contributed by atoms with van der Waals surface area (Å²) < 4.78 is 0. The molecule has 0 aliphatic heterocycles. The third-order valence-corrected chi connectivity index (χ3v) is 2.60. The largest absolute Gasteiger partial charge is 0.259 e. The van der Waals surface area contributed by atoms with Crippen LogP contribution in [0.25, 0.3) is 17.0 Å². The quantitative estimate of drug-likeness (QED) is 0.352. The Balaban J connectivity index is 2.34. The second-order valence-electron chi connectivity index (χ2n) is 3.86. The maximum absolute atomic E-state index is 10.6. The number of non-ortho nitro benzene ring substituents is 1. The molecule has 0 heterocycles. The molecule has 0 radical (unpaired) electrons. The fourth-order valence-electron chi connectivity index (χ4n) is 1.63.